The van der Waals surface area contributed by atoms with Crippen LogP contribution in [-0.4, -0.2) is 64.6 Å². The Kier molecular flexibility index (Phi) is 3.87. The fourth-order valence-corrected chi connectivity index (χ4v) is 1.92. The molecule has 0 aromatic carbocycles. The van der Waals surface area contributed by atoms with E-state index in [9.17, 15) is 0 Å². The molecule has 0 saturated carbocycles. The van der Waals surface area contributed by atoms with Crippen LogP contribution in [0.25, 0.3) is 0 Å². The van der Waals surface area contributed by atoms with E-state index in [2.05, 4.69) is 24.7 Å². The molecule has 6 heteroatoms. The minimum absolute atomic E-state index is 0.242. The van der Waals surface area contributed by atoms with E-state index in [1.165, 1.54) is 0 Å². The van der Waals surface area contributed by atoms with Gasteiger partial charge in [0, 0.05) is 39.3 Å². The highest BCUT2D eigenvalue weighted by atomic mass is 16.6. The van der Waals surface area contributed by atoms with E-state index >= 15 is 0 Å². The van der Waals surface area contributed by atoms with E-state index in [0.717, 1.165) is 50.7 Å². The zero-order valence-corrected chi connectivity index (χ0v) is 9.59. The smallest absolute Gasteiger partial charge is 0.122 e. The molecule has 1 aromatic heterocycles. The lowest BCUT2D eigenvalue weighted by Crippen LogP contribution is -2.46. The molecule has 1 aromatic rings. The van der Waals surface area contributed by atoms with Crippen molar-refractivity contribution in [3.63, 3.8) is 0 Å². The van der Waals surface area contributed by atoms with Crippen LogP contribution in [0.4, 0.5) is 0 Å². The van der Waals surface area contributed by atoms with Crippen LogP contribution < -0.4 is 0 Å². The highest BCUT2D eigenvalue weighted by molar-refractivity contribution is 5.04. The molecule has 2 heterocycles. The molecule has 1 saturated heterocycles. The summed E-state index contributed by atoms with van der Waals surface area (Å²) in [5.74, 6) is 0. The van der Waals surface area contributed by atoms with Crippen molar-refractivity contribution in [2.24, 2.45) is 0 Å². The molecular weight excluding hydrogens is 208 g/mol. The minimum atomic E-state index is 0.242. The summed E-state index contributed by atoms with van der Waals surface area (Å²) in [6, 6.07) is 0. The first kappa shape index (κ1) is 11.5. The molecule has 0 unspecified atom stereocenters. The first-order valence-corrected chi connectivity index (χ1v) is 5.63. The molecule has 0 bridgehead atoms. The fourth-order valence-electron chi connectivity index (χ4n) is 1.92. The molecule has 1 aliphatic rings. The minimum Gasteiger partial charge on any atom is -0.395 e. The van der Waals surface area contributed by atoms with Gasteiger partial charge in [0.15, 0.2) is 0 Å². The van der Waals surface area contributed by atoms with Crippen molar-refractivity contribution in [2.75, 3.05) is 39.3 Å². The maximum atomic E-state index is 8.84. The van der Waals surface area contributed by atoms with E-state index in [0.29, 0.717) is 0 Å². The third-order valence-electron chi connectivity index (χ3n) is 3.00. The van der Waals surface area contributed by atoms with Crippen molar-refractivity contribution in [2.45, 2.75) is 13.5 Å². The monoisotopic (exact) mass is 226 g/mol. The lowest BCUT2D eigenvalue weighted by atomic mass is 10.2. The largest absolute Gasteiger partial charge is 0.395 e. The highest BCUT2D eigenvalue weighted by Gasteiger charge is 2.18. The van der Waals surface area contributed by atoms with Crippen molar-refractivity contribution >= 4 is 0 Å². The normalized spacial score (nSPS) is 19.1. The SMILES string of the molecule is Cc1nonc1CN1CCN(CCO)CC1. The van der Waals surface area contributed by atoms with Gasteiger partial charge in [-0.1, -0.05) is 10.3 Å². The molecule has 90 valence electrons. The molecule has 0 aliphatic carbocycles. The zero-order valence-electron chi connectivity index (χ0n) is 9.59. The Morgan fingerprint density at radius 2 is 1.88 bits per heavy atom. The summed E-state index contributed by atoms with van der Waals surface area (Å²) in [5, 5.41) is 16.5. The third kappa shape index (κ3) is 2.78. The van der Waals surface area contributed by atoms with Crippen molar-refractivity contribution < 1.29 is 9.74 Å². The van der Waals surface area contributed by atoms with Crippen molar-refractivity contribution in [1.82, 2.24) is 20.1 Å². The Bertz CT molecular complexity index is 320. The van der Waals surface area contributed by atoms with Crippen LogP contribution in [0, 0.1) is 6.92 Å². The second-order valence-corrected chi connectivity index (χ2v) is 4.14. The lowest BCUT2D eigenvalue weighted by molar-refractivity contribution is 0.107. The Balaban J connectivity index is 1.79. The van der Waals surface area contributed by atoms with Crippen molar-refractivity contribution in [1.29, 1.82) is 0 Å². The maximum Gasteiger partial charge on any atom is 0.122 e. The Labute approximate surface area is 94.8 Å². The van der Waals surface area contributed by atoms with E-state index < -0.39 is 0 Å². The molecule has 0 radical (unpaired) electrons. The van der Waals surface area contributed by atoms with Crippen LogP contribution in [0.2, 0.25) is 0 Å². The van der Waals surface area contributed by atoms with E-state index in [1.807, 2.05) is 6.92 Å². The molecule has 0 amide bonds. The second-order valence-electron chi connectivity index (χ2n) is 4.14. The molecule has 0 spiro atoms. The number of nitrogens with zero attached hydrogens (tertiary/aromatic N) is 4. The fraction of sp³-hybridized carbons (Fsp3) is 0.800. The van der Waals surface area contributed by atoms with Crippen LogP contribution in [0.3, 0.4) is 0 Å². The van der Waals surface area contributed by atoms with Gasteiger partial charge < -0.3 is 5.11 Å². The van der Waals surface area contributed by atoms with Gasteiger partial charge in [-0.3, -0.25) is 9.80 Å². The summed E-state index contributed by atoms with van der Waals surface area (Å²) < 4.78 is 4.68. The van der Waals surface area contributed by atoms with Gasteiger partial charge in [-0.05, 0) is 6.92 Å². The maximum absolute atomic E-state index is 8.84. The summed E-state index contributed by atoms with van der Waals surface area (Å²) in [6.07, 6.45) is 0. The topological polar surface area (TPSA) is 65.6 Å². The van der Waals surface area contributed by atoms with Gasteiger partial charge >= 0.3 is 0 Å². The van der Waals surface area contributed by atoms with Gasteiger partial charge in [0.25, 0.3) is 0 Å². The van der Waals surface area contributed by atoms with E-state index in [4.69, 9.17) is 5.11 Å². The number of piperazine rings is 1. The Hall–Kier alpha value is -0.980. The first-order chi connectivity index (χ1) is 7.79. The van der Waals surface area contributed by atoms with E-state index in [1.54, 1.807) is 0 Å². The second kappa shape index (κ2) is 5.38. The quantitative estimate of drug-likeness (QED) is 0.746. The van der Waals surface area contributed by atoms with Gasteiger partial charge in [0.2, 0.25) is 0 Å². The van der Waals surface area contributed by atoms with Crippen LogP contribution >= 0.6 is 0 Å². The predicted molar refractivity (Wildman–Crippen MR) is 57.8 cm³/mol. The Morgan fingerprint density at radius 1 is 1.19 bits per heavy atom. The van der Waals surface area contributed by atoms with Gasteiger partial charge in [0.1, 0.15) is 11.4 Å². The van der Waals surface area contributed by atoms with E-state index in [-0.39, 0.29) is 6.61 Å². The molecule has 1 N–H and O–H groups in total. The first-order valence-electron chi connectivity index (χ1n) is 5.63. The zero-order chi connectivity index (χ0) is 11.4. The van der Waals surface area contributed by atoms with Crippen LogP contribution in [0.5, 0.6) is 0 Å². The van der Waals surface area contributed by atoms with Gasteiger partial charge in [-0.15, -0.1) is 0 Å². The molecule has 6 nitrogen and oxygen atoms in total. The predicted octanol–water partition coefficient (Wildman–Crippen LogP) is -0.512. The number of hydrogen-bond acceptors (Lipinski definition) is 6. The third-order valence-corrected chi connectivity index (χ3v) is 3.00. The van der Waals surface area contributed by atoms with Gasteiger partial charge in [-0.2, -0.15) is 0 Å². The van der Waals surface area contributed by atoms with Crippen molar-refractivity contribution in [3.05, 3.63) is 11.4 Å². The summed E-state index contributed by atoms with van der Waals surface area (Å²) in [7, 11) is 0. The number of rotatable bonds is 4. The Morgan fingerprint density at radius 3 is 2.44 bits per heavy atom. The number of β-amino-alcohol motifs (C(OH)–C–C–N with tert-alkyl or cyclic N) is 1. The number of hydrogen-bond donors (Lipinski definition) is 1. The molecular formula is C10H18N4O2. The number of aliphatic hydroxyl groups excluding tert-OH is 1. The average Bonchev–Trinajstić information content (AvgIpc) is 2.68. The number of aromatic nitrogens is 2. The van der Waals surface area contributed by atoms with Crippen LogP contribution in [-0.2, 0) is 6.54 Å². The highest BCUT2D eigenvalue weighted by Crippen LogP contribution is 2.08. The standard InChI is InChI=1S/C10H18N4O2/c1-9-10(12-16-11-9)8-14-4-2-13(3-5-14)6-7-15/h15H,2-8H2,1H3. The lowest BCUT2D eigenvalue weighted by Gasteiger charge is -2.33. The summed E-state index contributed by atoms with van der Waals surface area (Å²) in [4.78, 5) is 4.60. The molecule has 0 atom stereocenters. The number of aliphatic hydroxyl groups is 1. The molecule has 16 heavy (non-hydrogen) atoms. The molecule has 1 fully saturated rings. The molecule has 2 rings (SSSR count). The average molecular weight is 226 g/mol. The number of aryl methyl sites for hydroxylation is 1. The van der Waals surface area contributed by atoms with Crippen LogP contribution in [0.15, 0.2) is 4.63 Å². The van der Waals surface area contributed by atoms with Gasteiger partial charge in [-0.25, -0.2) is 4.63 Å². The van der Waals surface area contributed by atoms with Gasteiger partial charge in [0.05, 0.1) is 6.61 Å². The summed E-state index contributed by atoms with van der Waals surface area (Å²) in [5.41, 5.74) is 1.80. The molecule has 1 aliphatic heterocycles. The summed E-state index contributed by atoms with van der Waals surface area (Å²) >= 11 is 0. The van der Waals surface area contributed by atoms with Crippen LogP contribution in [0.1, 0.15) is 11.4 Å². The van der Waals surface area contributed by atoms with Crippen molar-refractivity contribution in [3.8, 4) is 0 Å². The summed E-state index contributed by atoms with van der Waals surface area (Å²) in [6.45, 7) is 7.76.